The summed E-state index contributed by atoms with van der Waals surface area (Å²) in [6.45, 7) is 7.13. The molecule has 0 spiro atoms. The maximum Gasteiger partial charge on any atom is 0.0587 e. The monoisotopic (exact) mass is 236 g/mol. The molecule has 0 radical (unpaired) electrons. The summed E-state index contributed by atoms with van der Waals surface area (Å²) >= 11 is 0. The van der Waals surface area contributed by atoms with Crippen molar-refractivity contribution >= 4 is 5.69 Å². The molecule has 0 heterocycles. The zero-order chi connectivity index (χ0) is 12.3. The van der Waals surface area contributed by atoms with Gasteiger partial charge in [0.05, 0.1) is 6.61 Å². The lowest BCUT2D eigenvalue weighted by molar-refractivity contribution is 0.199. The van der Waals surface area contributed by atoms with Crippen LogP contribution in [-0.2, 0) is 4.74 Å². The van der Waals surface area contributed by atoms with Crippen LogP contribution in [-0.4, -0.2) is 39.9 Å². The van der Waals surface area contributed by atoms with Gasteiger partial charge in [0.2, 0.25) is 0 Å². The molecular formula is C14H24N2O. The number of nitrogens with zero attached hydrogens (tertiary/aromatic N) is 1. The smallest absolute Gasteiger partial charge is 0.0587 e. The van der Waals surface area contributed by atoms with Crippen LogP contribution < -0.4 is 10.2 Å². The van der Waals surface area contributed by atoms with Crippen LogP contribution in [0.3, 0.4) is 0 Å². The Labute approximate surface area is 105 Å². The van der Waals surface area contributed by atoms with E-state index in [4.69, 9.17) is 4.74 Å². The molecule has 0 aliphatic carbocycles. The Balaban J connectivity index is 2.20. The number of anilines is 1. The topological polar surface area (TPSA) is 24.5 Å². The highest BCUT2D eigenvalue weighted by molar-refractivity contribution is 5.45. The second kappa shape index (κ2) is 9.02. The normalized spacial score (nSPS) is 10.5. The van der Waals surface area contributed by atoms with Crippen LogP contribution in [0.5, 0.6) is 0 Å². The lowest BCUT2D eigenvalue weighted by Crippen LogP contribution is -2.28. The van der Waals surface area contributed by atoms with Gasteiger partial charge in [-0.2, -0.15) is 0 Å². The van der Waals surface area contributed by atoms with Crippen molar-refractivity contribution in [1.82, 2.24) is 5.32 Å². The summed E-state index contributed by atoms with van der Waals surface area (Å²) in [5.74, 6) is 0. The Kier molecular flexibility index (Phi) is 7.43. The molecule has 1 rings (SSSR count). The minimum atomic E-state index is 0.788. The molecule has 0 aliphatic rings. The first-order chi connectivity index (χ1) is 8.38. The van der Waals surface area contributed by atoms with E-state index < -0.39 is 0 Å². The minimum Gasteiger partial charge on any atom is -0.383 e. The Morgan fingerprint density at radius 3 is 2.59 bits per heavy atom. The van der Waals surface area contributed by atoms with Gasteiger partial charge in [0.15, 0.2) is 0 Å². The molecular weight excluding hydrogens is 212 g/mol. The van der Waals surface area contributed by atoms with E-state index in [2.05, 4.69) is 47.5 Å². The van der Waals surface area contributed by atoms with E-state index >= 15 is 0 Å². The van der Waals surface area contributed by atoms with Gasteiger partial charge in [0.1, 0.15) is 0 Å². The summed E-state index contributed by atoms with van der Waals surface area (Å²) in [5, 5.41) is 3.37. The van der Waals surface area contributed by atoms with Crippen LogP contribution in [0.15, 0.2) is 30.3 Å². The fraction of sp³-hybridized carbons (Fsp3) is 0.571. The van der Waals surface area contributed by atoms with Crippen LogP contribution >= 0.6 is 0 Å². The molecule has 17 heavy (non-hydrogen) atoms. The lowest BCUT2D eigenvalue weighted by atomic mass is 10.2. The van der Waals surface area contributed by atoms with Crippen LogP contribution in [0, 0.1) is 0 Å². The molecule has 3 nitrogen and oxygen atoms in total. The number of ether oxygens (including phenoxy) is 1. The molecule has 1 aromatic rings. The molecule has 0 fully saturated rings. The third-order valence-electron chi connectivity index (χ3n) is 2.77. The van der Waals surface area contributed by atoms with Gasteiger partial charge in [-0.3, -0.25) is 0 Å². The summed E-state index contributed by atoms with van der Waals surface area (Å²) in [5.41, 5.74) is 1.31. The summed E-state index contributed by atoms with van der Waals surface area (Å²) < 4.78 is 4.99. The van der Waals surface area contributed by atoms with Crippen LogP contribution in [0.25, 0.3) is 0 Å². The molecule has 0 saturated carbocycles. The molecule has 0 amide bonds. The molecule has 0 saturated heterocycles. The largest absolute Gasteiger partial charge is 0.383 e. The summed E-state index contributed by atoms with van der Waals surface area (Å²) in [4.78, 5) is 2.40. The van der Waals surface area contributed by atoms with E-state index in [1.165, 1.54) is 5.69 Å². The maximum absolute atomic E-state index is 4.99. The van der Waals surface area contributed by atoms with E-state index in [0.29, 0.717) is 0 Å². The van der Waals surface area contributed by atoms with Gasteiger partial charge >= 0.3 is 0 Å². The standard InChI is InChI=1S/C14H24N2O/c1-3-16(14-8-5-4-6-9-14)12-7-10-15-11-13-17-2/h4-6,8-9,15H,3,7,10-13H2,1-2H3. The highest BCUT2D eigenvalue weighted by Crippen LogP contribution is 2.12. The molecule has 0 bridgehead atoms. The van der Waals surface area contributed by atoms with Crippen molar-refractivity contribution in [2.45, 2.75) is 13.3 Å². The van der Waals surface area contributed by atoms with Crippen LogP contribution in [0.4, 0.5) is 5.69 Å². The van der Waals surface area contributed by atoms with E-state index in [-0.39, 0.29) is 0 Å². The van der Waals surface area contributed by atoms with Gasteiger partial charge in [-0.1, -0.05) is 18.2 Å². The quantitative estimate of drug-likeness (QED) is 0.665. The molecule has 1 N–H and O–H groups in total. The molecule has 96 valence electrons. The molecule has 0 aliphatic heterocycles. The second-order valence-electron chi connectivity index (χ2n) is 4.01. The second-order valence-corrected chi connectivity index (χ2v) is 4.01. The number of hydrogen-bond acceptors (Lipinski definition) is 3. The maximum atomic E-state index is 4.99. The number of rotatable bonds is 9. The number of nitrogens with one attached hydrogen (secondary N) is 1. The lowest BCUT2D eigenvalue weighted by Gasteiger charge is -2.23. The van der Waals surface area contributed by atoms with E-state index in [9.17, 15) is 0 Å². The summed E-state index contributed by atoms with van der Waals surface area (Å²) in [6.07, 6.45) is 1.16. The third kappa shape index (κ3) is 5.71. The highest BCUT2D eigenvalue weighted by atomic mass is 16.5. The SMILES string of the molecule is CCN(CCCNCCOC)c1ccccc1. The predicted molar refractivity (Wildman–Crippen MR) is 73.7 cm³/mol. The predicted octanol–water partition coefficient (Wildman–Crippen LogP) is 2.14. The first kappa shape index (κ1) is 14.0. The zero-order valence-corrected chi connectivity index (χ0v) is 11.0. The van der Waals surface area contributed by atoms with Crippen LogP contribution in [0.1, 0.15) is 13.3 Å². The fourth-order valence-electron chi connectivity index (χ4n) is 1.80. The Morgan fingerprint density at radius 2 is 1.94 bits per heavy atom. The molecule has 0 atom stereocenters. The van der Waals surface area contributed by atoms with Crippen molar-refractivity contribution in [3.05, 3.63) is 30.3 Å². The Hall–Kier alpha value is -1.06. The van der Waals surface area contributed by atoms with Gasteiger partial charge in [0, 0.05) is 32.4 Å². The average Bonchev–Trinajstić information content (AvgIpc) is 2.39. The van der Waals surface area contributed by atoms with Crippen molar-refractivity contribution in [3.63, 3.8) is 0 Å². The van der Waals surface area contributed by atoms with E-state index in [1.54, 1.807) is 7.11 Å². The van der Waals surface area contributed by atoms with Gasteiger partial charge in [-0.25, -0.2) is 0 Å². The average molecular weight is 236 g/mol. The first-order valence-corrected chi connectivity index (χ1v) is 6.38. The van der Waals surface area contributed by atoms with Gasteiger partial charge in [-0.15, -0.1) is 0 Å². The van der Waals surface area contributed by atoms with Crippen molar-refractivity contribution in [1.29, 1.82) is 0 Å². The van der Waals surface area contributed by atoms with Crippen molar-refractivity contribution in [3.8, 4) is 0 Å². The van der Waals surface area contributed by atoms with Crippen molar-refractivity contribution in [2.75, 3.05) is 44.8 Å². The van der Waals surface area contributed by atoms with Crippen molar-refractivity contribution < 1.29 is 4.74 Å². The highest BCUT2D eigenvalue weighted by Gasteiger charge is 2.02. The Bertz CT molecular complexity index is 277. The molecule has 0 aromatic heterocycles. The summed E-state index contributed by atoms with van der Waals surface area (Å²) in [7, 11) is 1.73. The number of methoxy groups -OCH3 is 1. The molecule has 0 unspecified atom stereocenters. The van der Waals surface area contributed by atoms with Crippen molar-refractivity contribution in [2.24, 2.45) is 0 Å². The molecule has 3 heteroatoms. The first-order valence-electron chi connectivity index (χ1n) is 6.38. The Morgan fingerprint density at radius 1 is 1.18 bits per heavy atom. The number of hydrogen-bond donors (Lipinski definition) is 1. The fourth-order valence-corrected chi connectivity index (χ4v) is 1.80. The minimum absolute atomic E-state index is 0.788. The van der Waals surface area contributed by atoms with Gasteiger partial charge < -0.3 is 15.0 Å². The zero-order valence-electron chi connectivity index (χ0n) is 11.0. The van der Waals surface area contributed by atoms with E-state index in [1.807, 2.05) is 0 Å². The number of para-hydroxylation sites is 1. The summed E-state index contributed by atoms with van der Waals surface area (Å²) in [6, 6.07) is 10.6. The third-order valence-corrected chi connectivity index (χ3v) is 2.77. The molecule has 1 aromatic carbocycles. The van der Waals surface area contributed by atoms with Gasteiger partial charge in [0.25, 0.3) is 0 Å². The van der Waals surface area contributed by atoms with Gasteiger partial charge in [-0.05, 0) is 32.0 Å². The number of benzene rings is 1. The van der Waals surface area contributed by atoms with E-state index in [0.717, 1.165) is 39.2 Å². The van der Waals surface area contributed by atoms with Crippen LogP contribution in [0.2, 0.25) is 0 Å².